The molecule has 0 spiro atoms. The van der Waals surface area contributed by atoms with E-state index in [2.05, 4.69) is 35.5 Å². The number of hydrogen-bond acceptors (Lipinski definition) is 22. The SMILES string of the molecule is CCOP(C)(=O)[C@H](CO)OC[C@H]1O[C@@H](n2ncc3c(N(C(=O)OC(C)(C)C)C4CCCC4)nc(Cl)nc32)[C@@H]2OC(C)(C)O[C@@H]21.O=P(O)(O)[C@H](CO)OC[C@H]1O[C@@H](n2ncc3c(NC4CCCC4)nc(Cl)nc32)[C@H](O)[C@@H]1O. The lowest BCUT2D eigenvalue weighted by molar-refractivity contribution is -0.203. The second kappa shape index (κ2) is 23.8. The van der Waals surface area contributed by atoms with Crippen LogP contribution in [0.5, 0.6) is 0 Å². The van der Waals surface area contributed by atoms with E-state index in [-0.39, 0.29) is 41.5 Å². The van der Waals surface area contributed by atoms with Gasteiger partial charge in [0.25, 0.3) is 0 Å². The fraction of sp³-hybridized carbons (Fsp3) is 0.756. The van der Waals surface area contributed by atoms with Crippen LogP contribution in [0.3, 0.4) is 0 Å². The molecule has 0 aromatic carbocycles. The second-order valence-corrected chi connectivity index (χ2v) is 25.8. The number of halogens is 2. The molecular weight excluding hydrogens is 1090 g/mol. The summed E-state index contributed by atoms with van der Waals surface area (Å²) in [5.74, 6) is -2.91. The minimum absolute atomic E-state index is 0.0277. The molecule has 27 nitrogen and oxygen atoms in total. The highest BCUT2D eigenvalue weighted by atomic mass is 35.5. The van der Waals surface area contributed by atoms with Crippen molar-refractivity contribution < 1.29 is 81.8 Å². The van der Waals surface area contributed by atoms with Gasteiger partial charge in [0, 0.05) is 18.7 Å². The summed E-state index contributed by atoms with van der Waals surface area (Å²) in [6.45, 7) is 10.5. The summed E-state index contributed by atoms with van der Waals surface area (Å²) < 4.78 is 73.6. The molecule has 31 heteroatoms. The summed E-state index contributed by atoms with van der Waals surface area (Å²) >= 11 is 12.6. The van der Waals surface area contributed by atoms with Gasteiger partial charge in [-0.25, -0.2) is 14.2 Å². The normalized spacial score (nSPS) is 27.6. The first-order chi connectivity index (χ1) is 35.8. The summed E-state index contributed by atoms with van der Waals surface area (Å²) in [4.78, 5) is 50.9. The molecule has 76 heavy (non-hydrogen) atoms. The van der Waals surface area contributed by atoms with E-state index in [9.17, 15) is 39.0 Å². The summed E-state index contributed by atoms with van der Waals surface area (Å²) in [7, 11) is -7.97. The van der Waals surface area contributed by atoms with E-state index < -0.39 is 113 Å². The molecule has 7 N–H and O–H groups in total. The number of carbonyl (C=O) groups is 1. The van der Waals surface area contributed by atoms with E-state index in [4.69, 9.17) is 66.0 Å². The average molecular weight is 1150 g/mol. The van der Waals surface area contributed by atoms with Crippen LogP contribution in [0.1, 0.15) is 105 Å². The Bertz CT molecular complexity index is 2760. The lowest BCUT2D eigenvalue weighted by atomic mass is 10.1. The Kier molecular flexibility index (Phi) is 18.4. The predicted octanol–water partition coefficient (Wildman–Crippen LogP) is 4.83. The van der Waals surface area contributed by atoms with E-state index in [0.29, 0.717) is 28.1 Å². The van der Waals surface area contributed by atoms with Crippen molar-refractivity contribution in [1.29, 1.82) is 0 Å². The van der Waals surface area contributed by atoms with Crippen LogP contribution in [-0.2, 0) is 46.8 Å². The van der Waals surface area contributed by atoms with Crippen LogP contribution in [0.25, 0.3) is 22.1 Å². The van der Waals surface area contributed by atoms with Gasteiger partial charge >= 0.3 is 13.7 Å². The van der Waals surface area contributed by atoms with Crippen LogP contribution >= 0.6 is 38.2 Å². The van der Waals surface area contributed by atoms with E-state index >= 15 is 0 Å². The van der Waals surface area contributed by atoms with Gasteiger partial charge in [0.15, 0.2) is 47.0 Å². The number of carbonyl (C=O) groups excluding carboxylic acids is 1. The standard InChI is InChI=1S/C28H43ClN5O9P.C17H25ClN5O8P/c1-8-39-44(7,37)19(14-35)38-15-18-20-21(42-28(5,6)41-20)24(40-18)34-23-17(13-30-34)22(31-25(29)32-23)33(16-11-9-10-12-16)26(36)43-27(2,3)4;18-17-21-14(20-8-3-1-2-4-8)9-5-19-23(15(9)22-17)16-13(26)12(25)10(31-16)7-30-11(6-24)32(27,28)29/h13,16,18-21,24,35H,8-12,14-15H2,1-7H3;5,8,10-13,16,24-26H,1-4,6-7H2,(H,20,21,22)(H2,27,28,29)/t18-,19-,20-,21-,24-,44?;10-,11-,12-,13-,16-/m11/s1. The fourth-order valence-electron chi connectivity index (χ4n) is 10.00. The quantitative estimate of drug-likeness (QED) is 0.0518. The number of nitrogens with one attached hydrogen (secondary N) is 1. The van der Waals surface area contributed by atoms with E-state index in [1.807, 2.05) is 20.8 Å². The lowest BCUT2D eigenvalue weighted by Gasteiger charge is -2.31. The molecule has 2 aliphatic carbocycles. The van der Waals surface area contributed by atoms with Crippen molar-refractivity contribution in [1.82, 2.24) is 39.5 Å². The number of aliphatic hydroxyl groups is 4. The third kappa shape index (κ3) is 13.1. The maximum atomic E-state index is 13.5. The Morgan fingerprint density at radius 3 is 2.00 bits per heavy atom. The first kappa shape index (κ1) is 58.8. The summed E-state index contributed by atoms with van der Waals surface area (Å²) in [6.07, 6.45) is 2.55. The molecule has 4 aromatic heterocycles. The number of aromatic nitrogens is 8. The number of nitrogens with zero attached hydrogens (tertiary/aromatic N) is 9. The molecule has 11 atom stereocenters. The van der Waals surface area contributed by atoms with Gasteiger partial charge in [-0.3, -0.25) is 14.0 Å². The summed E-state index contributed by atoms with van der Waals surface area (Å²) in [5.41, 5.74) is -0.0900. The Balaban J connectivity index is 0.000000212. The van der Waals surface area contributed by atoms with Gasteiger partial charge in [0.1, 0.15) is 48.0 Å². The van der Waals surface area contributed by atoms with E-state index in [0.717, 1.165) is 51.4 Å². The van der Waals surface area contributed by atoms with Gasteiger partial charge in [-0.15, -0.1) is 0 Å². The van der Waals surface area contributed by atoms with Crippen molar-refractivity contribution >= 4 is 78.0 Å². The molecule has 4 aromatic rings. The smallest absolute Gasteiger partial charge is 0.416 e. The molecule has 0 radical (unpaired) electrons. The molecule has 1 unspecified atom stereocenters. The number of fused-ring (bicyclic) bond motifs is 3. The molecule has 5 aliphatic rings. The van der Waals surface area contributed by atoms with E-state index in [1.165, 1.54) is 17.5 Å². The zero-order valence-electron chi connectivity index (χ0n) is 43.1. The highest BCUT2D eigenvalue weighted by Gasteiger charge is 2.57. The number of rotatable bonds is 18. The van der Waals surface area contributed by atoms with Crippen molar-refractivity contribution in [2.24, 2.45) is 0 Å². The van der Waals surface area contributed by atoms with Crippen molar-refractivity contribution in [3.05, 3.63) is 23.0 Å². The van der Waals surface area contributed by atoms with Crippen molar-refractivity contribution in [3.63, 3.8) is 0 Å². The minimum Gasteiger partial charge on any atom is -0.443 e. The summed E-state index contributed by atoms with van der Waals surface area (Å²) in [5, 5.41) is 53.0. The first-order valence-electron chi connectivity index (χ1n) is 25.2. The predicted molar refractivity (Wildman–Crippen MR) is 272 cm³/mol. The molecule has 5 fully saturated rings. The van der Waals surface area contributed by atoms with Gasteiger partial charge in [-0.1, -0.05) is 25.7 Å². The average Bonchev–Trinajstić information content (AvgIpc) is 4.21. The van der Waals surface area contributed by atoms with Crippen molar-refractivity contribution in [2.45, 2.75) is 177 Å². The van der Waals surface area contributed by atoms with Crippen molar-refractivity contribution in [2.75, 3.05) is 49.9 Å². The second-order valence-electron chi connectivity index (χ2n) is 20.8. The number of amides is 1. The number of aliphatic hydroxyl groups excluding tert-OH is 4. The molecule has 0 bridgehead atoms. The molecule has 3 aliphatic heterocycles. The van der Waals surface area contributed by atoms with Crippen LogP contribution in [0, 0.1) is 0 Å². The van der Waals surface area contributed by atoms with Crippen LogP contribution in [0.15, 0.2) is 12.4 Å². The third-order valence-corrected chi connectivity index (χ3v) is 17.0. The van der Waals surface area contributed by atoms with Gasteiger partial charge in [-0.05, 0) is 90.4 Å². The monoisotopic (exact) mass is 1150 g/mol. The minimum atomic E-state index is -4.72. The first-order valence-corrected chi connectivity index (χ1v) is 29.8. The largest absolute Gasteiger partial charge is 0.443 e. The molecule has 2 saturated carbocycles. The zero-order chi connectivity index (χ0) is 55.1. The van der Waals surface area contributed by atoms with Crippen molar-refractivity contribution in [3.8, 4) is 0 Å². The maximum absolute atomic E-state index is 13.5. The van der Waals surface area contributed by atoms with Crippen LogP contribution < -0.4 is 10.2 Å². The van der Waals surface area contributed by atoms with Gasteiger partial charge in [-0.2, -0.15) is 30.1 Å². The summed E-state index contributed by atoms with van der Waals surface area (Å²) in [6, 6.07) is 0.145. The number of anilines is 2. The molecule has 3 saturated heterocycles. The van der Waals surface area contributed by atoms with Gasteiger partial charge in [0.2, 0.25) is 17.9 Å². The third-order valence-electron chi connectivity index (χ3n) is 13.5. The molecule has 424 valence electrons. The Labute approximate surface area is 447 Å². The Hall–Kier alpha value is -3.31. The van der Waals surface area contributed by atoms with E-state index in [1.54, 1.807) is 36.5 Å². The zero-order valence-corrected chi connectivity index (χ0v) is 46.4. The highest BCUT2D eigenvalue weighted by Crippen LogP contribution is 2.50. The number of ether oxygens (including phenoxy) is 7. The van der Waals surface area contributed by atoms with Crippen LogP contribution in [0.4, 0.5) is 16.4 Å². The van der Waals surface area contributed by atoms with Crippen LogP contribution in [-0.4, -0.2) is 187 Å². The fourth-order valence-corrected chi connectivity index (χ4v) is 12.1. The molecular formula is C45H68Cl2N10O17P2. The van der Waals surface area contributed by atoms with Gasteiger partial charge < -0.3 is 73.2 Å². The molecule has 9 rings (SSSR count). The topological polar surface area (TPSA) is 349 Å². The lowest BCUT2D eigenvalue weighted by Crippen LogP contribution is -2.43. The van der Waals surface area contributed by atoms with Gasteiger partial charge in [0.05, 0.1) is 56.2 Å². The maximum Gasteiger partial charge on any atom is 0.416 e. The molecule has 7 heterocycles. The number of hydrogen-bond donors (Lipinski definition) is 7. The molecule has 1 amide bonds. The Morgan fingerprint density at radius 1 is 0.829 bits per heavy atom. The van der Waals surface area contributed by atoms with Crippen LogP contribution in [0.2, 0.25) is 10.6 Å². The Morgan fingerprint density at radius 2 is 1.38 bits per heavy atom. The highest BCUT2D eigenvalue weighted by molar-refractivity contribution is 7.58.